The average Bonchev–Trinajstić information content (AvgIpc) is 2.03. The molecule has 0 saturated heterocycles. The summed E-state index contributed by atoms with van der Waals surface area (Å²) >= 11 is 0. The highest BCUT2D eigenvalue weighted by Crippen LogP contribution is 1.91. The molecule has 0 heterocycles. The van der Waals surface area contributed by atoms with Crippen molar-refractivity contribution in [1.82, 2.24) is 5.32 Å². The van der Waals surface area contributed by atoms with Crippen molar-refractivity contribution in [1.29, 1.82) is 0 Å². The molecule has 0 aliphatic carbocycles. The van der Waals surface area contributed by atoms with Gasteiger partial charge < -0.3 is 5.32 Å². The van der Waals surface area contributed by atoms with Crippen molar-refractivity contribution in [3.8, 4) is 0 Å². The molecule has 0 spiro atoms. The number of hydrogen-bond donors (Lipinski definition) is 1. The van der Waals surface area contributed by atoms with Crippen LogP contribution in [0.5, 0.6) is 0 Å². The monoisotopic (exact) mass is 173 g/mol. The van der Waals surface area contributed by atoms with Gasteiger partial charge in [0.05, 0.1) is 0 Å². The molecule has 0 aromatic heterocycles. The predicted molar refractivity (Wildman–Crippen MR) is 49.9 cm³/mol. The molecule has 12 heavy (non-hydrogen) atoms. The number of nitrogens with one attached hydrogen (secondary N) is 1. The molecule has 0 aliphatic heterocycles. The minimum atomic E-state index is 0. The van der Waals surface area contributed by atoms with E-state index in [9.17, 15) is 9.59 Å². The fourth-order valence-corrected chi connectivity index (χ4v) is 0.706. The largest absolute Gasteiger partial charge is 0.355 e. The van der Waals surface area contributed by atoms with Crippen molar-refractivity contribution >= 4 is 11.7 Å². The van der Waals surface area contributed by atoms with Gasteiger partial charge in [0.1, 0.15) is 5.78 Å². The van der Waals surface area contributed by atoms with Crippen LogP contribution in [0.2, 0.25) is 0 Å². The van der Waals surface area contributed by atoms with Gasteiger partial charge >= 0.3 is 0 Å². The topological polar surface area (TPSA) is 46.2 Å². The summed E-state index contributed by atoms with van der Waals surface area (Å²) in [5, 5.41) is 2.69. The Morgan fingerprint density at radius 2 is 2.00 bits per heavy atom. The lowest BCUT2D eigenvalue weighted by Gasteiger charge is -2.05. The first-order valence-corrected chi connectivity index (χ1v) is 4.37. The number of rotatable bonds is 5. The second kappa shape index (κ2) is 5.75. The molecule has 3 heteroatoms. The SMILES string of the molecule is CCC(=O)CCNC(=O)C(C)C.[HH]. The normalized spacial score (nSPS) is 10.0. The van der Waals surface area contributed by atoms with Crippen molar-refractivity contribution in [2.45, 2.75) is 33.6 Å². The van der Waals surface area contributed by atoms with Crippen LogP contribution in [0.3, 0.4) is 0 Å². The van der Waals surface area contributed by atoms with Gasteiger partial charge in [-0.2, -0.15) is 0 Å². The molecular formula is C9H19NO2. The average molecular weight is 173 g/mol. The Bertz CT molecular complexity index is 169. The lowest BCUT2D eigenvalue weighted by atomic mass is 10.2. The van der Waals surface area contributed by atoms with Crippen LogP contribution in [0, 0.1) is 5.92 Å². The maximum Gasteiger partial charge on any atom is 0.222 e. The van der Waals surface area contributed by atoms with Crippen molar-refractivity contribution in [3.63, 3.8) is 0 Å². The third-order valence-corrected chi connectivity index (χ3v) is 1.62. The van der Waals surface area contributed by atoms with E-state index in [0.717, 1.165) is 0 Å². The summed E-state index contributed by atoms with van der Waals surface area (Å²) < 4.78 is 0. The summed E-state index contributed by atoms with van der Waals surface area (Å²) in [6.07, 6.45) is 1.01. The fraction of sp³-hybridized carbons (Fsp3) is 0.778. The zero-order chi connectivity index (χ0) is 9.56. The maximum atomic E-state index is 11.0. The highest BCUT2D eigenvalue weighted by molar-refractivity contribution is 5.80. The Balaban J connectivity index is 0. The van der Waals surface area contributed by atoms with Gasteiger partial charge in [-0.15, -0.1) is 0 Å². The van der Waals surface area contributed by atoms with Crippen LogP contribution in [-0.2, 0) is 9.59 Å². The zero-order valence-electron chi connectivity index (χ0n) is 8.02. The van der Waals surface area contributed by atoms with Gasteiger partial charge in [0, 0.05) is 26.7 Å². The van der Waals surface area contributed by atoms with Gasteiger partial charge in [-0.3, -0.25) is 9.59 Å². The molecule has 0 bridgehead atoms. The van der Waals surface area contributed by atoms with Gasteiger partial charge in [-0.25, -0.2) is 0 Å². The van der Waals surface area contributed by atoms with E-state index in [-0.39, 0.29) is 19.0 Å². The lowest BCUT2D eigenvalue weighted by molar-refractivity contribution is -0.124. The quantitative estimate of drug-likeness (QED) is 0.682. The third kappa shape index (κ3) is 4.88. The van der Waals surface area contributed by atoms with Gasteiger partial charge in [0.2, 0.25) is 5.91 Å². The Labute approximate surface area is 75.0 Å². The van der Waals surface area contributed by atoms with Gasteiger partial charge in [0.15, 0.2) is 0 Å². The van der Waals surface area contributed by atoms with Crippen LogP contribution < -0.4 is 5.32 Å². The van der Waals surface area contributed by atoms with Crippen molar-refractivity contribution in [3.05, 3.63) is 0 Å². The molecule has 0 aromatic carbocycles. The van der Waals surface area contributed by atoms with Crippen molar-refractivity contribution in [2.24, 2.45) is 5.92 Å². The number of Topliss-reactive ketones (excluding diaryl/α,β-unsaturated/α-hetero) is 1. The summed E-state index contributed by atoms with van der Waals surface area (Å²) in [5.41, 5.74) is 0. The number of amides is 1. The number of hydrogen-bond acceptors (Lipinski definition) is 2. The van der Waals surface area contributed by atoms with Gasteiger partial charge in [0.25, 0.3) is 0 Å². The molecule has 0 fully saturated rings. The van der Waals surface area contributed by atoms with Gasteiger partial charge in [-0.1, -0.05) is 20.8 Å². The van der Waals surface area contributed by atoms with Crippen molar-refractivity contribution in [2.75, 3.05) is 6.54 Å². The summed E-state index contributed by atoms with van der Waals surface area (Å²) in [5.74, 6) is 0.208. The molecule has 0 radical (unpaired) electrons. The Hall–Kier alpha value is -0.860. The third-order valence-electron chi connectivity index (χ3n) is 1.62. The highest BCUT2D eigenvalue weighted by Gasteiger charge is 2.05. The Kier molecular flexibility index (Phi) is 5.34. The lowest BCUT2D eigenvalue weighted by Crippen LogP contribution is -2.29. The standard InChI is InChI=1S/C9H17NO2.H2/c1-4-8(11)5-6-10-9(12)7(2)3;/h7H,4-6H2,1-3H3,(H,10,12);1H. The molecule has 0 saturated carbocycles. The van der Waals surface area contributed by atoms with E-state index in [0.29, 0.717) is 19.4 Å². The van der Waals surface area contributed by atoms with E-state index in [1.165, 1.54) is 0 Å². The summed E-state index contributed by atoms with van der Waals surface area (Å²) in [6, 6.07) is 0. The summed E-state index contributed by atoms with van der Waals surface area (Å²) in [6.45, 7) is 5.96. The maximum absolute atomic E-state index is 11.0. The first-order valence-electron chi connectivity index (χ1n) is 4.37. The van der Waals surface area contributed by atoms with E-state index >= 15 is 0 Å². The molecular weight excluding hydrogens is 154 g/mol. The van der Waals surface area contributed by atoms with E-state index in [1.54, 1.807) is 0 Å². The number of carbonyl (C=O) groups is 2. The zero-order valence-corrected chi connectivity index (χ0v) is 8.02. The summed E-state index contributed by atoms with van der Waals surface area (Å²) in [4.78, 5) is 21.8. The smallest absolute Gasteiger partial charge is 0.222 e. The summed E-state index contributed by atoms with van der Waals surface area (Å²) in [7, 11) is 0. The highest BCUT2D eigenvalue weighted by atomic mass is 16.2. The second-order valence-electron chi connectivity index (χ2n) is 3.09. The molecule has 0 aliphatic rings. The molecule has 0 rings (SSSR count). The van der Waals surface area contributed by atoms with Crippen LogP contribution in [0.4, 0.5) is 0 Å². The predicted octanol–water partition coefficient (Wildman–Crippen LogP) is 1.37. The van der Waals surface area contributed by atoms with E-state index in [1.807, 2.05) is 20.8 Å². The first kappa shape index (κ1) is 11.1. The number of ketones is 1. The van der Waals surface area contributed by atoms with E-state index in [2.05, 4.69) is 5.32 Å². The molecule has 0 aromatic rings. The Morgan fingerprint density at radius 3 is 2.42 bits per heavy atom. The van der Waals surface area contributed by atoms with E-state index in [4.69, 9.17) is 0 Å². The minimum absolute atomic E-state index is 0. The van der Waals surface area contributed by atoms with Crippen LogP contribution in [0.25, 0.3) is 0 Å². The fourth-order valence-electron chi connectivity index (χ4n) is 0.706. The second-order valence-corrected chi connectivity index (χ2v) is 3.09. The first-order chi connectivity index (χ1) is 5.57. The Morgan fingerprint density at radius 1 is 1.42 bits per heavy atom. The van der Waals surface area contributed by atoms with Crippen LogP contribution in [-0.4, -0.2) is 18.2 Å². The molecule has 0 atom stereocenters. The molecule has 0 unspecified atom stereocenters. The van der Waals surface area contributed by atoms with Gasteiger partial charge in [-0.05, 0) is 0 Å². The van der Waals surface area contributed by atoms with Crippen LogP contribution in [0.1, 0.15) is 35.0 Å². The molecule has 3 nitrogen and oxygen atoms in total. The van der Waals surface area contributed by atoms with Crippen LogP contribution >= 0.6 is 0 Å². The van der Waals surface area contributed by atoms with E-state index < -0.39 is 0 Å². The molecule has 1 N–H and O–H groups in total. The van der Waals surface area contributed by atoms with Crippen LogP contribution in [0.15, 0.2) is 0 Å². The molecule has 1 amide bonds. The molecule has 72 valence electrons. The minimum Gasteiger partial charge on any atom is -0.355 e. The number of carbonyl (C=O) groups excluding carboxylic acids is 2. The van der Waals surface area contributed by atoms with Crippen molar-refractivity contribution < 1.29 is 11.0 Å².